The van der Waals surface area contributed by atoms with Crippen molar-refractivity contribution in [2.75, 3.05) is 27.2 Å². The number of likely N-dealkylation sites (N-methyl/N-ethyl adjacent to an activating group) is 1. The van der Waals surface area contributed by atoms with Gasteiger partial charge in [0, 0.05) is 32.7 Å². The number of aliphatic hydroxyl groups is 1. The van der Waals surface area contributed by atoms with Crippen LogP contribution in [0.3, 0.4) is 0 Å². The van der Waals surface area contributed by atoms with E-state index < -0.39 is 0 Å². The molecule has 1 saturated heterocycles. The van der Waals surface area contributed by atoms with Gasteiger partial charge in [-0.1, -0.05) is 11.6 Å². The first kappa shape index (κ1) is 14.8. The molecule has 6 heteroatoms. The highest BCUT2D eigenvalue weighted by Crippen LogP contribution is 2.25. The van der Waals surface area contributed by atoms with E-state index in [0.29, 0.717) is 12.6 Å². The predicted octanol–water partition coefficient (Wildman–Crippen LogP) is 0.879. The third-order valence-corrected chi connectivity index (χ3v) is 4.19. The van der Waals surface area contributed by atoms with Gasteiger partial charge in [-0.25, -0.2) is 0 Å². The highest BCUT2D eigenvalue weighted by Gasteiger charge is 2.32. The molecule has 1 fully saturated rings. The number of hydrogen-bond donors (Lipinski definition) is 1. The van der Waals surface area contributed by atoms with Crippen molar-refractivity contribution >= 4 is 11.6 Å². The third-order valence-electron chi connectivity index (χ3n) is 3.70. The highest BCUT2D eigenvalue weighted by molar-refractivity contribution is 6.31. The average Bonchev–Trinajstić information content (AvgIpc) is 2.74. The molecule has 1 aromatic rings. The summed E-state index contributed by atoms with van der Waals surface area (Å²) >= 11 is 6.30. The number of likely N-dealkylation sites (tertiary alicyclic amines) is 1. The van der Waals surface area contributed by atoms with E-state index in [-0.39, 0.29) is 6.10 Å². The second-order valence-corrected chi connectivity index (χ2v) is 6.08. The quantitative estimate of drug-likeness (QED) is 0.892. The second-order valence-electron chi connectivity index (χ2n) is 5.70. The fourth-order valence-corrected chi connectivity index (χ4v) is 3.03. The van der Waals surface area contributed by atoms with Gasteiger partial charge in [-0.15, -0.1) is 0 Å². The van der Waals surface area contributed by atoms with Crippen LogP contribution < -0.4 is 0 Å². The Morgan fingerprint density at radius 2 is 2.16 bits per heavy atom. The maximum Gasteiger partial charge on any atom is 0.0860 e. The summed E-state index contributed by atoms with van der Waals surface area (Å²) in [5, 5.41) is 15.0. The SMILES string of the molecule is Cc1nn(C)c(CN2CC(O)CC2CN(C)C)c1Cl. The van der Waals surface area contributed by atoms with Gasteiger partial charge in [-0.3, -0.25) is 9.58 Å². The van der Waals surface area contributed by atoms with Crippen LogP contribution in [0.4, 0.5) is 0 Å². The number of aliphatic hydroxyl groups excluding tert-OH is 1. The monoisotopic (exact) mass is 286 g/mol. The lowest BCUT2D eigenvalue weighted by Gasteiger charge is -2.26. The van der Waals surface area contributed by atoms with Gasteiger partial charge in [-0.05, 0) is 27.4 Å². The lowest BCUT2D eigenvalue weighted by atomic mass is 10.2. The molecule has 1 aliphatic heterocycles. The van der Waals surface area contributed by atoms with Gasteiger partial charge in [0.25, 0.3) is 0 Å². The van der Waals surface area contributed by atoms with Crippen molar-refractivity contribution < 1.29 is 5.11 Å². The van der Waals surface area contributed by atoms with Crippen LogP contribution in [0.25, 0.3) is 0 Å². The summed E-state index contributed by atoms with van der Waals surface area (Å²) < 4.78 is 1.84. The van der Waals surface area contributed by atoms with E-state index in [2.05, 4.69) is 29.0 Å². The topological polar surface area (TPSA) is 44.5 Å². The van der Waals surface area contributed by atoms with Gasteiger partial charge in [0.1, 0.15) is 0 Å². The fourth-order valence-electron chi connectivity index (χ4n) is 2.81. The first-order valence-corrected chi connectivity index (χ1v) is 7.01. The Hall–Kier alpha value is -0.620. The lowest BCUT2D eigenvalue weighted by molar-refractivity contribution is 0.167. The van der Waals surface area contributed by atoms with E-state index in [1.807, 2.05) is 18.7 Å². The Bertz CT molecular complexity index is 446. The van der Waals surface area contributed by atoms with Crippen LogP contribution >= 0.6 is 11.6 Å². The molecule has 2 atom stereocenters. The summed E-state index contributed by atoms with van der Waals surface area (Å²) in [6.07, 6.45) is 0.588. The van der Waals surface area contributed by atoms with E-state index in [4.69, 9.17) is 11.6 Å². The van der Waals surface area contributed by atoms with Gasteiger partial charge in [0.05, 0.1) is 22.5 Å². The molecule has 0 saturated carbocycles. The fraction of sp³-hybridized carbons (Fsp3) is 0.769. The van der Waals surface area contributed by atoms with Crippen LogP contribution in [-0.2, 0) is 13.6 Å². The van der Waals surface area contributed by atoms with Gasteiger partial charge < -0.3 is 10.0 Å². The molecule has 0 aliphatic carbocycles. The van der Waals surface area contributed by atoms with Crippen LogP contribution in [-0.4, -0.2) is 64.0 Å². The standard InChI is InChI=1S/C13H23ClN4O/c1-9-13(14)12(17(4)15-9)8-18-7-11(19)5-10(18)6-16(2)3/h10-11,19H,5-8H2,1-4H3. The number of hydrogen-bond acceptors (Lipinski definition) is 4. The lowest BCUT2D eigenvalue weighted by Crippen LogP contribution is -2.37. The molecule has 0 aromatic carbocycles. The average molecular weight is 287 g/mol. The molecule has 5 nitrogen and oxygen atoms in total. The van der Waals surface area contributed by atoms with Crippen molar-refractivity contribution in [3.63, 3.8) is 0 Å². The minimum atomic E-state index is -0.238. The zero-order valence-electron chi connectivity index (χ0n) is 12.1. The number of nitrogens with zero attached hydrogens (tertiary/aromatic N) is 4. The van der Waals surface area contributed by atoms with Crippen LogP contribution in [0.15, 0.2) is 0 Å². The molecule has 1 aromatic heterocycles. The first-order valence-electron chi connectivity index (χ1n) is 6.63. The van der Waals surface area contributed by atoms with Crippen molar-refractivity contribution in [3.8, 4) is 0 Å². The van der Waals surface area contributed by atoms with Gasteiger partial charge in [0.2, 0.25) is 0 Å². The number of halogens is 1. The Morgan fingerprint density at radius 1 is 1.47 bits per heavy atom. The van der Waals surface area contributed by atoms with E-state index in [1.165, 1.54) is 0 Å². The van der Waals surface area contributed by atoms with Crippen LogP contribution in [0.5, 0.6) is 0 Å². The largest absolute Gasteiger partial charge is 0.392 e. The molecule has 2 heterocycles. The van der Waals surface area contributed by atoms with E-state index in [9.17, 15) is 5.11 Å². The summed E-state index contributed by atoms with van der Waals surface area (Å²) in [5.74, 6) is 0. The van der Waals surface area contributed by atoms with Gasteiger partial charge in [-0.2, -0.15) is 5.10 Å². The number of aryl methyl sites for hydroxylation is 2. The molecule has 2 unspecified atom stereocenters. The molecule has 1 aliphatic rings. The van der Waals surface area contributed by atoms with E-state index >= 15 is 0 Å². The van der Waals surface area contributed by atoms with Crippen molar-refractivity contribution in [2.24, 2.45) is 7.05 Å². The van der Waals surface area contributed by atoms with Crippen molar-refractivity contribution in [2.45, 2.75) is 32.0 Å². The molecule has 2 rings (SSSR count). The molecule has 108 valence electrons. The molecular weight excluding hydrogens is 264 g/mol. The van der Waals surface area contributed by atoms with Crippen LogP contribution in [0.2, 0.25) is 5.02 Å². The van der Waals surface area contributed by atoms with Gasteiger partial charge in [0.15, 0.2) is 0 Å². The number of β-amino-alcohol motifs (C(OH)–C–C–N with tert-alkyl or cyclic N) is 1. The Kier molecular flexibility index (Phi) is 4.50. The Morgan fingerprint density at radius 3 is 2.68 bits per heavy atom. The number of rotatable bonds is 4. The normalized spacial score (nSPS) is 24.6. The molecule has 1 N–H and O–H groups in total. The number of aromatic nitrogens is 2. The second kappa shape index (κ2) is 5.79. The predicted molar refractivity (Wildman–Crippen MR) is 76.3 cm³/mol. The molecule has 0 radical (unpaired) electrons. The zero-order chi connectivity index (χ0) is 14.2. The maximum absolute atomic E-state index is 9.89. The van der Waals surface area contributed by atoms with E-state index in [0.717, 1.165) is 35.9 Å². The third kappa shape index (κ3) is 3.28. The first-order chi connectivity index (χ1) is 8.88. The smallest absolute Gasteiger partial charge is 0.0860 e. The van der Waals surface area contributed by atoms with Crippen molar-refractivity contribution in [1.29, 1.82) is 0 Å². The summed E-state index contributed by atoms with van der Waals surface area (Å²) in [6, 6.07) is 0.372. The van der Waals surface area contributed by atoms with Crippen LogP contribution in [0, 0.1) is 6.92 Å². The summed E-state index contributed by atoms with van der Waals surface area (Å²) in [6.45, 7) is 4.32. The minimum absolute atomic E-state index is 0.238. The van der Waals surface area contributed by atoms with Crippen molar-refractivity contribution in [1.82, 2.24) is 19.6 Å². The maximum atomic E-state index is 9.89. The van der Waals surface area contributed by atoms with Crippen molar-refractivity contribution in [3.05, 3.63) is 16.4 Å². The summed E-state index contributed by atoms with van der Waals surface area (Å²) in [7, 11) is 6.04. The molecular formula is C13H23ClN4O. The highest BCUT2D eigenvalue weighted by atomic mass is 35.5. The molecule has 0 amide bonds. The summed E-state index contributed by atoms with van der Waals surface area (Å²) in [4.78, 5) is 4.46. The summed E-state index contributed by atoms with van der Waals surface area (Å²) in [5.41, 5.74) is 1.89. The Balaban J connectivity index is 2.12. The molecule has 0 bridgehead atoms. The molecule has 19 heavy (non-hydrogen) atoms. The minimum Gasteiger partial charge on any atom is -0.392 e. The van der Waals surface area contributed by atoms with E-state index in [1.54, 1.807) is 0 Å². The van der Waals surface area contributed by atoms with Gasteiger partial charge >= 0.3 is 0 Å². The Labute approximate surface area is 119 Å². The molecule has 0 spiro atoms. The van der Waals surface area contributed by atoms with Crippen LogP contribution in [0.1, 0.15) is 17.8 Å². The zero-order valence-corrected chi connectivity index (χ0v) is 12.9.